The van der Waals surface area contributed by atoms with E-state index in [0.29, 0.717) is 10.6 Å². The largest absolute Gasteiger partial charge is 0.411 e. The van der Waals surface area contributed by atoms with Crippen LogP contribution in [0.25, 0.3) is 5.65 Å². The summed E-state index contributed by atoms with van der Waals surface area (Å²) in [5.74, 6) is -0.907. The molecule has 0 aromatic carbocycles. The highest BCUT2D eigenvalue weighted by Crippen LogP contribution is 2.25. The number of nitrogens with zero attached hydrogens (tertiary/aromatic N) is 5. The van der Waals surface area contributed by atoms with Crippen molar-refractivity contribution in [2.24, 2.45) is 0 Å². The van der Waals surface area contributed by atoms with Crippen LogP contribution in [0.3, 0.4) is 0 Å². The smallest absolute Gasteiger partial charge is 0.350 e. The number of carbonyl (C=O) groups is 1. The maximum Gasteiger partial charge on any atom is 0.411 e. The molecule has 0 saturated heterocycles. The van der Waals surface area contributed by atoms with Crippen LogP contribution >= 0.6 is 0 Å². The minimum absolute atomic E-state index is 0.0444. The van der Waals surface area contributed by atoms with Crippen LogP contribution in [-0.2, 0) is 11.5 Å². The van der Waals surface area contributed by atoms with Gasteiger partial charge in [-0.3, -0.25) is 4.79 Å². The Hall–Kier alpha value is -3.23. The zero-order valence-electron chi connectivity index (χ0n) is 14.6. The van der Waals surface area contributed by atoms with Crippen molar-refractivity contribution in [3.05, 3.63) is 41.6 Å². The molecule has 0 radical (unpaired) electrons. The normalized spacial score (nSPS) is 12.3. The molecule has 1 N–H and O–H groups in total. The van der Waals surface area contributed by atoms with Crippen molar-refractivity contribution in [3.63, 3.8) is 0 Å². The lowest BCUT2D eigenvalue weighted by Gasteiger charge is -2.07. The molecular weight excluding hydrogens is 429 g/mol. The molecule has 3 rings (SSSR count). The summed E-state index contributed by atoms with van der Waals surface area (Å²) < 4.78 is 94.1. The molecule has 1 amide bonds. The monoisotopic (exact) mass is 440 g/mol. The van der Waals surface area contributed by atoms with Gasteiger partial charge in [0.1, 0.15) is 24.7 Å². The third-order valence-corrected chi connectivity index (χ3v) is 3.53. The summed E-state index contributed by atoms with van der Waals surface area (Å²) in [7, 11) is 0. The zero-order chi connectivity index (χ0) is 22.1. The van der Waals surface area contributed by atoms with Gasteiger partial charge in [0.15, 0.2) is 11.3 Å². The third-order valence-electron chi connectivity index (χ3n) is 3.53. The van der Waals surface area contributed by atoms with Crippen molar-refractivity contribution in [3.8, 4) is 0 Å². The van der Waals surface area contributed by atoms with Gasteiger partial charge in [-0.25, -0.2) is 31.7 Å². The Balaban J connectivity index is 1.75. The molecule has 0 aliphatic carbocycles. The highest BCUT2D eigenvalue weighted by Gasteiger charge is 2.27. The number of anilines is 1. The fourth-order valence-electron chi connectivity index (χ4n) is 2.35. The van der Waals surface area contributed by atoms with Crippen LogP contribution in [0.5, 0.6) is 0 Å². The highest BCUT2D eigenvalue weighted by atomic mass is 19.4. The van der Waals surface area contributed by atoms with E-state index in [2.05, 4.69) is 25.2 Å². The topological polar surface area (TPSA) is 86.3 Å². The number of fused-ring (bicyclic) bond motifs is 1. The average Bonchev–Trinajstić information content (AvgIpc) is 3.26. The Morgan fingerprint density at radius 1 is 1.17 bits per heavy atom. The molecule has 0 aliphatic rings. The summed E-state index contributed by atoms with van der Waals surface area (Å²) in [6.45, 7) is -2.03. The number of hydrogen-bond acceptors (Lipinski definition) is 5. The fourth-order valence-corrected chi connectivity index (χ4v) is 2.35. The summed E-state index contributed by atoms with van der Waals surface area (Å²) in [4.78, 5) is 15.8. The van der Waals surface area contributed by atoms with Gasteiger partial charge < -0.3 is 10.1 Å². The molecule has 3 heterocycles. The average molecular weight is 440 g/mol. The van der Waals surface area contributed by atoms with E-state index in [1.807, 2.05) is 0 Å². The van der Waals surface area contributed by atoms with E-state index in [9.17, 15) is 35.5 Å². The van der Waals surface area contributed by atoms with Crippen molar-refractivity contribution < 1.29 is 40.3 Å². The SMILES string of the molecule is O=C(Nc1cnn(COCC(F)(F)F)c1)c1cc2nc(C(F)F)cc(C(F)F)n2n1. The minimum atomic E-state index is -4.51. The molecule has 8 nitrogen and oxygen atoms in total. The van der Waals surface area contributed by atoms with E-state index < -0.39 is 55.4 Å². The minimum Gasteiger partial charge on any atom is -0.350 e. The van der Waals surface area contributed by atoms with Gasteiger partial charge in [0.2, 0.25) is 0 Å². The number of aromatic nitrogens is 5. The second-order valence-electron chi connectivity index (χ2n) is 5.82. The second-order valence-corrected chi connectivity index (χ2v) is 5.82. The van der Waals surface area contributed by atoms with Crippen LogP contribution < -0.4 is 5.32 Å². The van der Waals surface area contributed by atoms with Crippen LogP contribution in [0.2, 0.25) is 0 Å². The summed E-state index contributed by atoms with van der Waals surface area (Å²) >= 11 is 0. The first-order chi connectivity index (χ1) is 14.0. The van der Waals surface area contributed by atoms with E-state index in [1.165, 1.54) is 0 Å². The van der Waals surface area contributed by atoms with Gasteiger partial charge in [-0.05, 0) is 6.07 Å². The molecule has 0 bridgehead atoms. The third kappa shape index (κ3) is 5.03. The lowest BCUT2D eigenvalue weighted by molar-refractivity contribution is -0.182. The van der Waals surface area contributed by atoms with E-state index in [0.717, 1.165) is 23.1 Å². The molecule has 0 unspecified atom stereocenters. The Morgan fingerprint density at radius 2 is 1.90 bits per heavy atom. The first-order valence-electron chi connectivity index (χ1n) is 7.98. The van der Waals surface area contributed by atoms with Gasteiger partial charge in [-0.2, -0.15) is 23.4 Å². The number of nitrogens with one attached hydrogen (secondary N) is 1. The van der Waals surface area contributed by atoms with E-state index in [1.54, 1.807) is 0 Å². The molecule has 162 valence electrons. The molecular formula is C15H11F7N6O2. The van der Waals surface area contributed by atoms with E-state index >= 15 is 0 Å². The van der Waals surface area contributed by atoms with Crippen molar-refractivity contribution in [1.82, 2.24) is 24.4 Å². The molecule has 30 heavy (non-hydrogen) atoms. The lowest BCUT2D eigenvalue weighted by atomic mass is 10.3. The second kappa shape index (κ2) is 8.25. The molecule has 3 aromatic rings. The van der Waals surface area contributed by atoms with Crippen LogP contribution in [0.15, 0.2) is 24.5 Å². The number of ether oxygens (including phenoxy) is 1. The van der Waals surface area contributed by atoms with Gasteiger partial charge in [0.05, 0.1) is 18.1 Å². The van der Waals surface area contributed by atoms with Crippen molar-refractivity contribution >= 4 is 17.2 Å². The number of halogens is 7. The summed E-state index contributed by atoms with van der Waals surface area (Å²) in [6, 6.07) is 1.42. The maximum absolute atomic E-state index is 13.1. The molecule has 15 heteroatoms. The fraction of sp³-hybridized carbons (Fsp3) is 0.333. The van der Waals surface area contributed by atoms with Gasteiger partial charge in [0.25, 0.3) is 18.8 Å². The zero-order valence-corrected chi connectivity index (χ0v) is 14.6. The number of carbonyl (C=O) groups excluding carboxylic acids is 1. The Morgan fingerprint density at radius 3 is 2.53 bits per heavy atom. The first-order valence-corrected chi connectivity index (χ1v) is 7.98. The standard InChI is InChI=1S/C15H11F7N6O2/c16-12(17)8-1-10(13(18)19)28-11(25-8)2-9(26-28)14(29)24-7-3-23-27(4-7)6-30-5-15(20,21)22/h1-4,12-13H,5-6H2,(H,24,29). The molecule has 0 saturated carbocycles. The summed E-state index contributed by atoms with van der Waals surface area (Å²) in [5.41, 5.74) is -2.52. The van der Waals surface area contributed by atoms with Crippen LogP contribution in [0.1, 0.15) is 34.7 Å². The molecule has 3 aromatic heterocycles. The van der Waals surface area contributed by atoms with Crippen LogP contribution in [-0.4, -0.2) is 43.1 Å². The predicted molar refractivity (Wildman–Crippen MR) is 85.1 cm³/mol. The Kier molecular flexibility index (Phi) is 5.91. The van der Waals surface area contributed by atoms with E-state index in [-0.39, 0.29) is 11.3 Å². The van der Waals surface area contributed by atoms with Gasteiger partial charge in [0, 0.05) is 6.07 Å². The van der Waals surface area contributed by atoms with Gasteiger partial charge in [-0.1, -0.05) is 0 Å². The molecule has 0 spiro atoms. The highest BCUT2D eigenvalue weighted by molar-refractivity contribution is 6.03. The number of rotatable bonds is 7. The number of alkyl halides is 7. The molecule has 0 aliphatic heterocycles. The predicted octanol–water partition coefficient (Wildman–Crippen LogP) is 3.59. The Labute approximate surface area is 162 Å². The lowest BCUT2D eigenvalue weighted by Crippen LogP contribution is -2.18. The number of amides is 1. The molecule has 0 atom stereocenters. The summed E-state index contributed by atoms with van der Waals surface area (Å²) in [6.07, 6.45) is -8.52. The van der Waals surface area contributed by atoms with Crippen LogP contribution in [0, 0.1) is 0 Å². The van der Waals surface area contributed by atoms with Crippen molar-refractivity contribution in [1.29, 1.82) is 0 Å². The van der Waals surface area contributed by atoms with Gasteiger partial charge in [-0.15, -0.1) is 0 Å². The maximum atomic E-state index is 13.1. The molecule has 0 fully saturated rings. The van der Waals surface area contributed by atoms with Crippen LogP contribution in [0.4, 0.5) is 36.4 Å². The quantitative estimate of drug-likeness (QED) is 0.568. The number of hydrogen-bond donors (Lipinski definition) is 1. The van der Waals surface area contributed by atoms with Crippen molar-refractivity contribution in [2.45, 2.75) is 25.8 Å². The van der Waals surface area contributed by atoms with Gasteiger partial charge >= 0.3 is 6.18 Å². The Bertz CT molecular complexity index is 1050. The first kappa shape index (κ1) is 21.5. The summed E-state index contributed by atoms with van der Waals surface area (Å²) in [5, 5.41) is 9.63. The van der Waals surface area contributed by atoms with Crippen molar-refractivity contribution in [2.75, 3.05) is 11.9 Å². The van der Waals surface area contributed by atoms with E-state index in [4.69, 9.17) is 0 Å².